The zero-order valence-electron chi connectivity index (χ0n) is 11.9. The average molecular weight is 285 g/mol. The number of hydrogen-bond donors (Lipinski definition) is 1. The summed E-state index contributed by atoms with van der Waals surface area (Å²) < 4.78 is 5.70. The molecule has 0 unspecified atom stereocenters. The molecule has 1 atom stereocenters. The van der Waals surface area contributed by atoms with Gasteiger partial charge < -0.3 is 15.1 Å². The van der Waals surface area contributed by atoms with E-state index in [1.165, 1.54) is 0 Å². The highest BCUT2D eigenvalue weighted by atomic mass is 16.4. The molecule has 1 amide bonds. The number of nitrogens with zero attached hydrogens (tertiary/aromatic N) is 2. The van der Waals surface area contributed by atoms with E-state index >= 15 is 0 Å². The fourth-order valence-corrected chi connectivity index (χ4v) is 2.55. The molecule has 1 saturated heterocycles. The smallest absolute Gasteiger partial charge is 0.223 e. The van der Waals surface area contributed by atoms with Gasteiger partial charge in [-0.15, -0.1) is 0 Å². The van der Waals surface area contributed by atoms with E-state index < -0.39 is 0 Å². The largest absolute Gasteiger partial charge is 0.441 e. The van der Waals surface area contributed by atoms with Gasteiger partial charge in [-0.2, -0.15) is 0 Å². The molecule has 3 rings (SSSR count). The Bertz CT molecular complexity index is 609. The standard InChI is InChI=1S/C16H19N3O2/c17-13-8-9-19(11-13)16(20)7-6-15-18-10-14(21-15)12-4-2-1-3-5-12/h1-5,10,13H,6-9,11,17H2/t13-/m1/s1. The van der Waals surface area contributed by atoms with Gasteiger partial charge in [-0.3, -0.25) is 4.79 Å². The van der Waals surface area contributed by atoms with Crippen LogP contribution in [0, 0.1) is 0 Å². The van der Waals surface area contributed by atoms with E-state index in [2.05, 4.69) is 4.98 Å². The van der Waals surface area contributed by atoms with Crippen LogP contribution in [0.4, 0.5) is 0 Å². The van der Waals surface area contributed by atoms with Gasteiger partial charge in [0.25, 0.3) is 0 Å². The molecule has 1 aromatic carbocycles. The summed E-state index contributed by atoms with van der Waals surface area (Å²) in [5.41, 5.74) is 6.81. The molecule has 2 heterocycles. The first kappa shape index (κ1) is 13.8. The van der Waals surface area contributed by atoms with E-state index in [1.807, 2.05) is 35.2 Å². The number of carbonyl (C=O) groups excluding carboxylic acids is 1. The lowest BCUT2D eigenvalue weighted by molar-refractivity contribution is -0.130. The normalized spacial score (nSPS) is 18.1. The third kappa shape index (κ3) is 3.31. The molecule has 5 nitrogen and oxygen atoms in total. The van der Waals surface area contributed by atoms with Crippen LogP contribution in [0.3, 0.4) is 0 Å². The van der Waals surface area contributed by atoms with E-state index in [4.69, 9.17) is 10.2 Å². The second kappa shape index (κ2) is 6.10. The van der Waals surface area contributed by atoms with Crippen LogP contribution in [0.25, 0.3) is 11.3 Å². The van der Waals surface area contributed by atoms with Gasteiger partial charge in [-0.1, -0.05) is 30.3 Å². The molecule has 21 heavy (non-hydrogen) atoms. The molecule has 2 N–H and O–H groups in total. The van der Waals surface area contributed by atoms with Gasteiger partial charge in [0.1, 0.15) is 0 Å². The summed E-state index contributed by atoms with van der Waals surface area (Å²) in [7, 11) is 0. The van der Waals surface area contributed by atoms with Crippen molar-refractivity contribution in [3.8, 4) is 11.3 Å². The molecule has 2 aromatic rings. The summed E-state index contributed by atoms with van der Waals surface area (Å²) in [4.78, 5) is 18.1. The zero-order valence-corrected chi connectivity index (χ0v) is 11.9. The number of likely N-dealkylation sites (tertiary alicyclic amines) is 1. The minimum absolute atomic E-state index is 0.125. The van der Waals surface area contributed by atoms with Crippen LogP contribution in [0.2, 0.25) is 0 Å². The van der Waals surface area contributed by atoms with E-state index in [9.17, 15) is 4.79 Å². The number of aryl methyl sites for hydroxylation is 1. The highest BCUT2D eigenvalue weighted by molar-refractivity contribution is 5.76. The lowest BCUT2D eigenvalue weighted by Crippen LogP contribution is -2.31. The third-order valence-corrected chi connectivity index (χ3v) is 3.74. The Hall–Kier alpha value is -2.14. The van der Waals surface area contributed by atoms with Gasteiger partial charge in [0.15, 0.2) is 11.7 Å². The monoisotopic (exact) mass is 285 g/mol. The first-order valence-corrected chi connectivity index (χ1v) is 7.26. The van der Waals surface area contributed by atoms with Gasteiger partial charge in [-0.05, 0) is 6.42 Å². The lowest BCUT2D eigenvalue weighted by atomic mass is 10.2. The Morgan fingerprint density at radius 3 is 2.90 bits per heavy atom. The number of rotatable bonds is 4. The number of benzene rings is 1. The highest BCUT2D eigenvalue weighted by Gasteiger charge is 2.23. The minimum Gasteiger partial charge on any atom is -0.441 e. The first-order chi connectivity index (χ1) is 10.2. The first-order valence-electron chi connectivity index (χ1n) is 7.26. The average Bonchev–Trinajstić information content (AvgIpc) is 3.15. The summed E-state index contributed by atoms with van der Waals surface area (Å²) in [6.07, 6.45) is 3.54. The fourth-order valence-electron chi connectivity index (χ4n) is 2.55. The molecule has 0 bridgehead atoms. The van der Waals surface area contributed by atoms with Crippen LogP contribution in [0.15, 0.2) is 40.9 Å². The van der Waals surface area contributed by atoms with Crippen molar-refractivity contribution in [1.29, 1.82) is 0 Å². The van der Waals surface area contributed by atoms with Crippen molar-refractivity contribution in [1.82, 2.24) is 9.88 Å². The number of carbonyl (C=O) groups is 1. The molecule has 1 aliphatic rings. The molecule has 0 spiro atoms. The third-order valence-electron chi connectivity index (χ3n) is 3.74. The maximum Gasteiger partial charge on any atom is 0.223 e. The van der Waals surface area contributed by atoms with Gasteiger partial charge in [0.2, 0.25) is 5.91 Å². The zero-order chi connectivity index (χ0) is 14.7. The number of amides is 1. The van der Waals surface area contributed by atoms with Gasteiger partial charge in [0.05, 0.1) is 6.20 Å². The van der Waals surface area contributed by atoms with E-state index in [0.717, 1.165) is 24.3 Å². The van der Waals surface area contributed by atoms with Crippen molar-refractivity contribution in [2.24, 2.45) is 5.73 Å². The molecule has 110 valence electrons. The quantitative estimate of drug-likeness (QED) is 0.930. The van der Waals surface area contributed by atoms with E-state index in [-0.39, 0.29) is 11.9 Å². The van der Waals surface area contributed by atoms with Crippen molar-refractivity contribution in [2.75, 3.05) is 13.1 Å². The summed E-state index contributed by atoms with van der Waals surface area (Å²) >= 11 is 0. The Kier molecular flexibility index (Phi) is 4.01. The molecule has 5 heteroatoms. The van der Waals surface area contributed by atoms with E-state index in [0.29, 0.717) is 25.3 Å². The van der Waals surface area contributed by atoms with Gasteiger partial charge >= 0.3 is 0 Å². The lowest BCUT2D eigenvalue weighted by Gasteiger charge is -2.14. The Labute approximate surface area is 123 Å². The summed E-state index contributed by atoms with van der Waals surface area (Å²) in [6.45, 7) is 1.43. The molecular weight excluding hydrogens is 266 g/mol. The summed E-state index contributed by atoms with van der Waals surface area (Å²) in [6, 6.07) is 9.94. The van der Waals surface area contributed by atoms with Crippen molar-refractivity contribution >= 4 is 5.91 Å². The minimum atomic E-state index is 0.125. The highest BCUT2D eigenvalue weighted by Crippen LogP contribution is 2.20. The van der Waals surface area contributed by atoms with Gasteiger partial charge in [-0.25, -0.2) is 4.98 Å². The fraction of sp³-hybridized carbons (Fsp3) is 0.375. The SMILES string of the molecule is N[C@@H]1CCN(C(=O)CCc2ncc(-c3ccccc3)o2)C1. The number of aromatic nitrogens is 1. The number of nitrogens with two attached hydrogens (primary N) is 1. The molecule has 0 aliphatic carbocycles. The predicted octanol–water partition coefficient (Wildman–Crippen LogP) is 1.83. The second-order valence-corrected chi connectivity index (χ2v) is 5.37. The van der Waals surface area contributed by atoms with Crippen LogP contribution < -0.4 is 5.73 Å². The molecule has 1 aromatic heterocycles. The van der Waals surface area contributed by atoms with Crippen LogP contribution in [-0.4, -0.2) is 34.9 Å². The second-order valence-electron chi connectivity index (χ2n) is 5.37. The predicted molar refractivity (Wildman–Crippen MR) is 79.4 cm³/mol. The van der Waals surface area contributed by atoms with Crippen LogP contribution in [-0.2, 0) is 11.2 Å². The molecule has 1 fully saturated rings. The van der Waals surface area contributed by atoms with Gasteiger partial charge in [0, 0.05) is 37.5 Å². The maximum atomic E-state index is 12.0. The van der Waals surface area contributed by atoms with Crippen molar-refractivity contribution < 1.29 is 9.21 Å². The van der Waals surface area contributed by atoms with Crippen LogP contribution >= 0.6 is 0 Å². The Morgan fingerprint density at radius 1 is 1.38 bits per heavy atom. The van der Waals surface area contributed by atoms with Crippen LogP contribution in [0.1, 0.15) is 18.7 Å². The molecular formula is C16H19N3O2. The Balaban J connectivity index is 1.57. The van der Waals surface area contributed by atoms with Crippen molar-refractivity contribution in [3.05, 3.63) is 42.4 Å². The molecule has 0 radical (unpaired) electrons. The van der Waals surface area contributed by atoms with Crippen LogP contribution in [0.5, 0.6) is 0 Å². The molecule has 0 saturated carbocycles. The van der Waals surface area contributed by atoms with Crippen molar-refractivity contribution in [2.45, 2.75) is 25.3 Å². The Morgan fingerprint density at radius 2 is 2.19 bits per heavy atom. The molecule has 1 aliphatic heterocycles. The summed E-state index contributed by atoms with van der Waals surface area (Å²) in [5, 5.41) is 0. The summed E-state index contributed by atoms with van der Waals surface area (Å²) in [5.74, 6) is 1.47. The number of hydrogen-bond acceptors (Lipinski definition) is 4. The van der Waals surface area contributed by atoms with Crippen molar-refractivity contribution in [3.63, 3.8) is 0 Å². The topological polar surface area (TPSA) is 72.4 Å². The maximum absolute atomic E-state index is 12.0. The number of oxazole rings is 1. The van der Waals surface area contributed by atoms with E-state index in [1.54, 1.807) is 6.20 Å².